The fourth-order valence-electron chi connectivity index (χ4n) is 2.32. The molecule has 0 radical (unpaired) electrons. The molecule has 0 aromatic carbocycles. The lowest BCUT2D eigenvalue weighted by Gasteiger charge is -2.21. The quantitative estimate of drug-likeness (QED) is 0.701. The van der Waals surface area contributed by atoms with Gasteiger partial charge in [0.15, 0.2) is 0 Å². The first kappa shape index (κ1) is 14.6. The van der Waals surface area contributed by atoms with E-state index in [4.69, 9.17) is 5.73 Å². The highest BCUT2D eigenvalue weighted by Gasteiger charge is 2.32. The summed E-state index contributed by atoms with van der Waals surface area (Å²) in [6, 6.07) is -0.170. The van der Waals surface area contributed by atoms with Crippen LogP contribution in [0, 0.1) is 5.92 Å². The second kappa shape index (κ2) is 6.47. The van der Waals surface area contributed by atoms with Gasteiger partial charge in [0.2, 0.25) is 5.91 Å². The van der Waals surface area contributed by atoms with Gasteiger partial charge >= 0.3 is 0 Å². The molecule has 2 rings (SSSR count). The van der Waals surface area contributed by atoms with E-state index in [2.05, 4.69) is 10.6 Å². The van der Waals surface area contributed by atoms with E-state index in [1.54, 1.807) is 0 Å². The molecular weight excluding hydrogens is 262 g/mol. The Labute approximate surface area is 111 Å². The van der Waals surface area contributed by atoms with Crippen LogP contribution in [0.3, 0.4) is 0 Å². The van der Waals surface area contributed by atoms with E-state index in [9.17, 15) is 9.59 Å². The third-order valence-electron chi connectivity index (χ3n) is 3.28. The molecule has 0 spiro atoms. The summed E-state index contributed by atoms with van der Waals surface area (Å²) in [4.78, 5) is 22.8. The van der Waals surface area contributed by atoms with E-state index in [0.717, 1.165) is 31.0 Å². The number of thioether (sulfide) groups is 1. The van der Waals surface area contributed by atoms with Crippen LogP contribution in [-0.4, -0.2) is 35.5 Å². The molecule has 1 aliphatic heterocycles. The fraction of sp³-hybridized carbons (Fsp3) is 0.800. The van der Waals surface area contributed by atoms with Crippen molar-refractivity contribution in [3.63, 3.8) is 0 Å². The maximum Gasteiger partial charge on any atom is 0.279 e. The molecule has 0 aromatic rings. The number of hydrogen-bond acceptors (Lipinski definition) is 4. The Hall–Kier alpha value is -0.460. The number of halogens is 1. The van der Waals surface area contributed by atoms with Crippen molar-refractivity contribution in [1.82, 2.24) is 10.6 Å². The van der Waals surface area contributed by atoms with E-state index in [1.807, 2.05) is 0 Å². The minimum absolute atomic E-state index is 0. The Bertz CT molecular complexity index is 303. The summed E-state index contributed by atoms with van der Waals surface area (Å²) in [6.45, 7) is 0.622. The van der Waals surface area contributed by atoms with Crippen LogP contribution < -0.4 is 16.4 Å². The largest absolute Gasteiger partial charge is 0.351 e. The van der Waals surface area contributed by atoms with Gasteiger partial charge in [-0.15, -0.1) is 12.4 Å². The minimum Gasteiger partial charge on any atom is -0.351 e. The fourth-order valence-corrected chi connectivity index (χ4v) is 3.10. The number of rotatable bonds is 3. The number of carbonyl (C=O) groups is 2. The maximum atomic E-state index is 11.8. The number of carbonyl (C=O) groups excluding carboxylic acids is 2. The standard InChI is InChI=1S/C10H17N3O2S.ClH/c11-4-6-2-1-3-7(6)12-9(14)8-5-16-10(15)13-8;/h6-8H,1-5,11H2,(H,12,14)(H,13,15);1H/t6?,7?,8-;/m0./s1. The first-order valence-corrected chi connectivity index (χ1v) is 6.63. The molecule has 2 amide bonds. The molecule has 2 fully saturated rings. The van der Waals surface area contributed by atoms with E-state index in [1.165, 1.54) is 0 Å². The van der Waals surface area contributed by atoms with Crippen LogP contribution in [0.25, 0.3) is 0 Å². The van der Waals surface area contributed by atoms with Crippen LogP contribution in [0.2, 0.25) is 0 Å². The summed E-state index contributed by atoms with van der Waals surface area (Å²) in [5.41, 5.74) is 5.65. The lowest BCUT2D eigenvalue weighted by Crippen LogP contribution is -2.48. The Balaban J connectivity index is 0.00000144. The highest BCUT2D eigenvalue weighted by molar-refractivity contribution is 8.14. The van der Waals surface area contributed by atoms with Crippen LogP contribution in [-0.2, 0) is 4.79 Å². The molecule has 17 heavy (non-hydrogen) atoms. The summed E-state index contributed by atoms with van der Waals surface area (Å²) < 4.78 is 0. The number of amides is 2. The van der Waals surface area contributed by atoms with Gasteiger partial charge in [0.05, 0.1) is 0 Å². The Kier molecular flexibility index (Phi) is 5.55. The smallest absolute Gasteiger partial charge is 0.279 e. The maximum absolute atomic E-state index is 11.8. The zero-order valence-electron chi connectivity index (χ0n) is 9.48. The van der Waals surface area contributed by atoms with Crippen molar-refractivity contribution < 1.29 is 9.59 Å². The molecule has 1 saturated heterocycles. The molecular formula is C10H18ClN3O2S. The highest BCUT2D eigenvalue weighted by atomic mass is 35.5. The lowest BCUT2D eigenvalue weighted by molar-refractivity contribution is -0.123. The molecule has 2 unspecified atom stereocenters. The first-order chi connectivity index (χ1) is 7.70. The number of nitrogens with two attached hydrogens (primary N) is 1. The second-order valence-corrected chi connectivity index (χ2v) is 5.33. The summed E-state index contributed by atoms with van der Waals surface area (Å²) in [5, 5.41) is 5.53. The van der Waals surface area contributed by atoms with Crippen molar-refractivity contribution in [2.24, 2.45) is 11.7 Å². The second-order valence-electron chi connectivity index (χ2n) is 4.34. The Morgan fingerprint density at radius 2 is 2.29 bits per heavy atom. The normalized spacial score (nSPS) is 31.8. The SMILES string of the molecule is Cl.NCC1CCCC1NC(=O)[C@@H]1CSC(=O)N1. The summed E-state index contributed by atoms with van der Waals surface area (Å²) in [7, 11) is 0. The molecule has 7 heteroatoms. The van der Waals surface area contributed by atoms with Gasteiger partial charge in [0.1, 0.15) is 6.04 Å². The Morgan fingerprint density at radius 1 is 1.53 bits per heavy atom. The van der Waals surface area contributed by atoms with Crippen molar-refractivity contribution in [1.29, 1.82) is 0 Å². The molecule has 0 bridgehead atoms. The van der Waals surface area contributed by atoms with Crippen molar-refractivity contribution in [2.75, 3.05) is 12.3 Å². The molecule has 1 saturated carbocycles. The van der Waals surface area contributed by atoms with E-state index in [0.29, 0.717) is 18.2 Å². The van der Waals surface area contributed by atoms with Crippen LogP contribution in [0.1, 0.15) is 19.3 Å². The van der Waals surface area contributed by atoms with Gasteiger partial charge in [0.25, 0.3) is 5.24 Å². The summed E-state index contributed by atoms with van der Waals surface area (Å²) in [5.74, 6) is 0.863. The molecule has 3 atom stereocenters. The third-order valence-corrected chi connectivity index (χ3v) is 4.16. The van der Waals surface area contributed by atoms with Crippen molar-refractivity contribution in [2.45, 2.75) is 31.3 Å². The minimum atomic E-state index is -0.364. The lowest BCUT2D eigenvalue weighted by atomic mass is 10.0. The molecule has 5 nitrogen and oxygen atoms in total. The monoisotopic (exact) mass is 279 g/mol. The van der Waals surface area contributed by atoms with Crippen LogP contribution in [0.4, 0.5) is 4.79 Å². The van der Waals surface area contributed by atoms with Crippen LogP contribution >= 0.6 is 24.2 Å². The van der Waals surface area contributed by atoms with E-state index < -0.39 is 0 Å². The summed E-state index contributed by atoms with van der Waals surface area (Å²) in [6.07, 6.45) is 3.22. The van der Waals surface area contributed by atoms with Gasteiger partial charge in [-0.05, 0) is 25.3 Å². The topological polar surface area (TPSA) is 84.2 Å². The Morgan fingerprint density at radius 3 is 2.88 bits per heavy atom. The first-order valence-electron chi connectivity index (χ1n) is 5.64. The van der Waals surface area contributed by atoms with E-state index in [-0.39, 0.29) is 35.6 Å². The molecule has 4 N–H and O–H groups in total. The van der Waals surface area contributed by atoms with Crippen LogP contribution in [0.15, 0.2) is 0 Å². The number of nitrogens with one attached hydrogen (secondary N) is 2. The van der Waals surface area contributed by atoms with Gasteiger partial charge in [-0.25, -0.2) is 0 Å². The predicted molar refractivity (Wildman–Crippen MR) is 70.4 cm³/mol. The third kappa shape index (κ3) is 3.50. The van der Waals surface area contributed by atoms with Gasteiger partial charge in [0, 0.05) is 11.8 Å². The molecule has 1 aliphatic carbocycles. The van der Waals surface area contributed by atoms with Crippen molar-refractivity contribution in [3.8, 4) is 0 Å². The zero-order chi connectivity index (χ0) is 11.5. The van der Waals surface area contributed by atoms with Crippen molar-refractivity contribution >= 4 is 35.3 Å². The predicted octanol–water partition coefficient (Wildman–Crippen LogP) is 0.477. The van der Waals surface area contributed by atoms with Gasteiger partial charge in [-0.1, -0.05) is 18.2 Å². The van der Waals surface area contributed by atoms with Gasteiger partial charge in [-0.2, -0.15) is 0 Å². The van der Waals surface area contributed by atoms with Gasteiger partial charge < -0.3 is 16.4 Å². The van der Waals surface area contributed by atoms with E-state index >= 15 is 0 Å². The highest BCUT2D eigenvalue weighted by Crippen LogP contribution is 2.25. The molecule has 1 heterocycles. The summed E-state index contributed by atoms with van der Waals surface area (Å²) >= 11 is 1.16. The molecule has 0 aromatic heterocycles. The average molecular weight is 280 g/mol. The van der Waals surface area contributed by atoms with Crippen molar-refractivity contribution in [3.05, 3.63) is 0 Å². The van der Waals surface area contributed by atoms with Gasteiger partial charge in [-0.3, -0.25) is 9.59 Å². The molecule has 98 valence electrons. The van der Waals surface area contributed by atoms with Crippen LogP contribution in [0.5, 0.6) is 0 Å². The number of hydrogen-bond donors (Lipinski definition) is 3. The average Bonchev–Trinajstić information content (AvgIpc) is 2.86. The molecule has 2 aliphatic rings. The zero-order valence-corrected chi connectivity index (χ0v) is 11.1.